The van der Waals surface area contributed by atoms with E-state index in [2.05, 4.69) is 19.2 Å². The summed E-state index contributed by atoms with van der Waals surface area (Å²) in [7, 11) is 0. The van der Waals surface area contributed by atoms with Gasteiger partial charge in [0, 0.05) is 12.6 Å². The molecule has 0 bridgehead atoms. The number of aliphatic hydroxyl groups is 1. The Labute approximate surface area is 119 Å². The van der Waals surface area contributed by atoms with Gasteiger partial charge in [-0.25, -0.2) is 0 Å². The third kappa shape index (κ3) is 4.75. The molecule has 0 heterocycles. The first kappa shape index (κ1) is 15.3. The van der Waals surface area contributed by atoms with Gasteiger partial charge in [0.1, 0.15) is 0 Å². The maximum Gasteiger partial charge on any atom is 0.0580 e. The van der Waals surface area contributed by atoms with E-state index in [4.69, 9.17) is 0 Å². The third-order valence-electron chi connectivity index (χ3n) is 5.49. The quantitative estimate of drug-likeness (QED) is 0.761. The molecule has 4 atom stereocenters. The summed E-state index contributed by atoms with van der Waals surface area (Å²) in [4.78, 5) is 0. The van der Waals surface area contributed by atoms with E-state index < -0.39 is 0 Å². The molecule has 0 spiro atoms. The Hall–Kier alpha value is -0.0800. The molecular weight excluding hydrogens is 234 g/mol. The van der Waals surface area contributed by atoms with Gasteiger partial charge in [-0.15, -0.1) is 0 Å². The minimum absolute atomic E-state index is 0.0459. The Morgan fingerprint density at radius 3 is 2.47 bits per heavy atom. The molecule has 0 aliphatic heterocycles. The fourth-order valence-electron chi connectivity index (χ4n) is 3.95. The first-order chi connectivity index (χ1) is 9.16. The topological polar surface area (TPSA) is 32.3 Å². The monoisotopic (exact) mass is 267 g/mol. The molecule has 19 heavy (non-hydrogen) atoms. The van der Waals surface area contributed by atoms with Crippen LogP contribution in [0.3, 0.4) is 0 Å². The molecule has 2 N–H and O–H groups in total. The lowest BCUT2D eigenvalue weighted by atomic mass is 9.86. The van der Waals surface area contributed by atoms with Crippen LogP contribution in [0.4, 0.5) is 0 Å². The molecule has 0 aromatic heterocycles. The summed E-state index contributed by atoms with van der Waals surface area (Å²) in [6.45, 7) is 5.78. The minimum atomic E-state index is -0.0459. The average Bonchev–Trinajstić information content (AvgIpc) is 2.63. The van der Waals surface area contributed by atoms with Gasteiger partial charge in [0.2, 0.25) is 0 Å². The van der Waals surface area contributed by atoms with Gasteiger partial charge in [-0.2, -0.15) is 0 Å². The highest BCUT2D eigenvalue weighted by Gasteiger charge is 2.25. The molecule has 4 unspecified atom stereocenters. The molecule has 2 fully saturated rings. The van der Waals surface area contributed by atoms with Crippen molar-refractivity contribution in [1.82, 2.24) is 5.32 Å². The highest BCUT2D eigenvalue weighted by Crippen LogP contribution is 2.29. The van der Waals surface area contributed by atoms with E-state index in [0.29, 0.717) is 12.0 Å². The van der Waals surface area contributed by atoms with E-state index in [1.807, 2.05) is 0 Å². The van der Waals surface area contributed by atoms with Crippen LogP contribution in [0.25, 0.3) is 0 Å². The third-order valence-corrected chi connectivity index (χ3v) is 5.49. The van der Waals surface area contributed by atoms with Crippen molar-refractivity contribution in [3.05, 3.63) is 0 Å². The normalized spacial score (nSPS) is 37.3. The van der Waals surface area contributed by atoms with E-state index in [9.17, 15) is 5.11 Å². The molecule has 0 saturated heterocycles. The van der Waals surface area contributed by atoms with Crippen molar-refractivity contribution in [2.24, 2.45) is 17.8 Å². The van der Waals surface area contributed by atoms with Crippen LogP contribution >= 0.6 is 0 Å². The summed E-state index contributed by atoms with van der Waals surface area (Å²) >= 11 is 0. The summed E-state index contributed by atoms with van der Waals surface area (Å²) in [6, 6.07) is 0.706. The minimum Gasteiger partial charge on any atom is -0.393 e. The summed E-state index contributed by atoms with van der Waals surface area (Å²) in [5, 5.41) is 13.8. The Morgan fingerprint density at radius 2 is 1.74 bits per heavy atom. The number of hydrogen-bond donors (Lipinski definition) is 2. The van der Waals surface area contributed by atoms with Gasteiger partial charge >= 0.3 is 0 Å². The van der Waals surface area contributed by atoms with Gasteiger partial charge in [-0.05, 0) is 49.9 Å². The zero-order valence-corrected chi connectivity index (χ0v) is 12.9. The van der Waals surface area contributed by atoms with Crippen LogP contribution in [-0.2, 0) is 0 Å². The van der Waals surface area contributed by atoms with Gasteiger partial charge in [0.05, 0.1) is 6.10 Å². The molecule has 2 aliphatic rings. The molecular formula is C17H33NO. The average molecular weight is 267 g/mol. The standard InChI is InChI=1S/C17H33NO/c1-13(2)14-7-5-8-16(11-10-14)18-12-15-6-3-4-9-17(15)19/h13-19H,3-12H2,1-2H3. The maximum absolute atomic E-state index is 10.0. The predicted molar refractivity (Wildman–Crippen MR) is 81.2 cm³/mol. The van der Waals surface area contributed by atoms with Gasteiger partial charge in [0.25, 0.3) is 0 Å². The Morgan fingerprint density at radius 1 is 0.947 bits per heavy atom. The van der Waals surface area contributed by atoms with E-state index in [-0.39, 0.29) is 6.10 Å². The van der Waals surface area contributed by atoms with E-state index in [1.165, 1.54) is 51.4 Å². The lowest BCUT2D eigenvalue weighted by Gasteiger charge is -2.29. The highest BCUT2D eigenvalue weighted by atomic mass is 16.3. The fourth-order valence-corrected chi connectivity index (χ4v) is 3.95. The van der Waals surface area contributed by atoms with Crippen molar-refractivity contribution in [1.29, 1.82) is 0 Å². The van der Waals surface area contributed by atoms with E-state index >= 15 is 0 Å². The van der Waals surface area contributed by atoms with Crippen molar-refractivity contribution in [2.75, 3.05) is 6.54 Å². The van der Waals surface area contributed by atoms with Crippen molar-refractivity contribution >= 4 is 0 Å². The van der Waals surface area contributed by atoms with E-state index in [1.54, 1.807) is 0 Å². The fraction of sp³-hybridized carbons (Fsp3) is 1.00. The molecule has 112 valence electrons. The van der Waals surface area contributed by atoms with Crippen LogP contribution in [0.5, 0.6) is 0 Å². The summed E-state index contributed by atoms with van der Waals surface area (Å²) in [5.74, 6) is 2.30. The van der Waals surface area contributed by atoms with Crippen LogP contribution in [0.2, 0.25) is 0 Å². The Bertz CT molecular complexity index is 254. The molecule has 0 radical (unpaired) electrons. The van der Waals surface area contributed by atoms with Gasteiger partial charge in [-0.1, -0.05) is 39.5 Å². The van der Waals surface area contributed by atoms with Crippen LogP contribution < -0.4 is 5.32 Å². The molecule has 0 amide bonds. The number of aliphatic hydroxyl groups excluding tert-OH is 1. The van der Waals surface area contributed by atoms with Gasteiger partial charge < -0.3 is 10.4 Å². The van der Waals surface area contributed by atoms with Crippen LogP contribution in [0.15, 0.2) is 0 Å². The molecule has 2 rings (SSSR count). The Balaban J connectivity index is 1.71. The van der Waals surface area contributed by atoms with Gasteiger partial charge in [-0.3, -0.25) is 0 Å². The van der Waals surface area contributed by atoms with Crippen LogP contribution in [0.1, 0.15) is 71.6 Å². The molecule has 2 heteroatoms. The summed E-state index contributed by atoms with van der Waals surface area (Å²) in [6.07, 6.45) is 11.6. The first-order valence-corrected chi connectivity index (χ1v) is 8.58. The number of rotatable bonds is 4. The van der Waals surface area contributed by atoms with Crippen molar-refractivity contribution < 1.29 is 5.11 Å². The zero-order chi connectivity index (χ0) is 13.7. The number of nitrogens with one attached hydrogen (secondary N) is 1. The largest absolute Gasteiger partial charge is 0.393 e. The second kappa shape index (κ2) is 7.64. The summed E-state index contributed by atoms with van der Waals surface area (Å²) < 4.78 is 0. The molecule has 2 aliphatic carbocycles. The van der Waals surface area contributed by atoms with Crippen LogP contribution in [-0.4, -0.2) is 23.8 Å². The predicted octanol–water partition coefficient (Wildman–Crippen LogP) is 3.73. The van der Waals surface area contributed by atoms with Crippen molar-refractivity contribution in [2.45, 2.75) is 83.8 Å². The molecule has 0 aromatic rings. The lowest BCUT2D eigenvalue weighted by Crippen LogP contribution is -2.38. The lowest BCUT2D eigenvalue weighted by molar-refractivity contribution is 0.0677. The Kier molecular flexibility index (Phi) is 6.15. The highest BCUT2D eigenvalue weighted by molar-refractivity contribution is 4.80. The van der Waals surface area contributed by atoms with Crippen molar-refractivity contribution in [3.63, 3.8) is 0 Å². The van der Waals surface area contributed by atoms with Crippen molar-refractivity contribution in [3.8, 4) is 0 Å². The van der Waals surface area contributed by atoms with E-state index in [0.717, 1.165) is 24.8 Å². The molecule has 2 nitrogen and oxygen atoms in total. The van der Waals surface area contributed by atoms with Gasteiger partial charge in [0.15, 0.2) is 0 Å². The second-order valence-electron chi connectivity index (χ2n) is 7.23. The van der Waals surface area contributed by atoms with Crippen LogP contribution in [0, 0.1) is 17.8 Å². The number of hydrogen-bond acceptors (Lipinski definition) is 2. The maximum atomic E-state index is 10.0. The molecule has 0 aromatic carbocycles. The molecule has 2 saturated carbocycles. The second-order valence-corrected chi connectivity index (χ2v) is 7.23. The zero-order valence-electron chi connectivity index (χ0n) is 12.9. The first-order valence-electron chi connectivity index (χ1n) is 8.58. The SMILES string of the molecule is CC(C)C1CCCC(NCC2CCCCC2O)CC1. The summed E-state index contributed by atoms with van der Waals surface area (Å²) in [5.41, 5.74) is 0. The smallest absolute Gasteiger partial charge is 0.0580 e.